The fourth-order valence-electron chi connectivity index (χ4n) is 1.12. The van der Waals surface area contributed by atoms with Crippen LogP contribution in [0.25, 0.3) is 0 Å². The average Bonchev–Trinajstić information content (AvgIpc) is 2.17. The maximum absolute atomic E-state index is 9.89. The summed E-state index contributed by atoms with van der Waals surface area (Å²) in [6, 6.07) is 0. The van der Waals surface area contributed by atoms with Crippen molar-refractivity contribution in [1.29, 1.82) is 0 Å². The van der Waals surface area contributed by atoms with Gasteiger partial charge in [-0.25, -0.2) is 0 Å². The molecule has 0 saturated heterocycles. The molecule has 80 valence electrons. The van der Waals surface area contributed by atoms with Gasteiger partial charge in [0, 0.05) is 13.2 Å². The molecule has 1 atom stereocenters. The summed E-state index contributed by atoms with van der Waals surface area (Å²) < 4.78 is 0. The summed E-state index contributed by atoms with van der Waals surface area (Å²) in [5.74, 6) is 0.262. The second-order valence-corrected chi connectivity index (χ2v) is 3.85. The van der Waals surface area contributed by atoms with Crippen LogP contribution in [0.1, 0.15) is 33.6 Å². The molecule has 3 nitrogen and oxygen atoms in total. The molecule has 3 N–H and O–H groups in total. The summed E-state index contributed by atoms with van der Waals surface area (Å²) >= 11 is 0. The molecule has 0 heterocycles. The Kier molecular flexibility index (Phi) is 6.29. The summed E-state index contributed by atoms with van der Waals surface area (Å²) in [6.07, 6.45) is 1.54. The Morgan fingerprint density at radius 1 is 1.31 bits per heavy atom. The van der Waals surface area contributed by atoms with E-state index in [-0.39, 0.29) is 12.5 Å². The highest BCUT2D eigenvalue weighted by Gasteiger charge is 2.21. The molecule has 0 radical (unpaired) electrons. The highest BCUT2D eigenvalue weighted by Crippen LogP contribution is 2.12. The van der Waals surface area contributed by atoms with Crippen molar-refractivity contribution in [3.05, 3.63) is 0 Å². The second kappa shape index (κ2) is 6.35. The fraction of sp³-hybridized carbons (Fsp3) is 1.00. The first-order chi connectivity index (χ1) is 6.08. The highest BCUT2D eigenvalue weighted by atomic mass is 16.3. The summed E-state index contributed by atoms with van der Waals surface area (Å²) in [5, 5.41) is 21.8. The third kappa shape index (κ3) is 5.24. The molecular weight excluding hydrogens is 166 g/mol. The van der Waals surface area contributed by atoms with Gasteiger partial charge in [-0.3, -0.25) is 0 Å². The zero-order chi connectivity index (χ0) is 10.3. The Bertz CT molecular complexity index is 124. The lowest BCUT2D eigenvalue weighted by Crippen LogP contribution is -2.41. The number of hydrogen-bond acceptors (Lipinski definition) is 3. The van der Waals surface area contributed by atoms with Crippen LogP contribution >= 0.6 is 0 Å². The molecule has 0 amide bonds. The molecule has 0 aliphatic heterocycles. The minimum absolute atomic E-state index is 0.198. The van der Waals surface area contributed by atoms with Gasteiger partial charge in [-0.15, -0.1) is 0 Å². The lowest BCUT2D eigenvalue weighted by Gasteiger charge is -2.26. The first kappa shape index (κ1) is 12.9. The number of aliphatic hydroxyl groups is 2. The average molecular weight is 189 g/mol. The maximum Gasteiger partial charge on any atom is 0.0766 e. The Morgan fingerprint density at radius 2 is 1.85 bits per heavy atom. The van der Waals surface area contributed by atoms with E-state index in [9.17, 15) is 5.11 Å². The third-order valence-electron chi connectivity index (χ3n) is 2.57. The SMILES string of the molecule is CCC(O)(CC)CNCC(C)CO. The molecule has 0 aliphatic rings. The van der Waals surface area contributed by atoms with Crippen LogP contribution in [0, 0.1) is 5.92 Å². The normalized spacial score (nSPS) is 14.5. The van der Waals surface area contributed by atoms with Crippen LogP contribution < -0.4 is 5.32 Å². The smallest absolute Gasteiger partial charge is 0.0766 e. The first-order valence-electron chi connectivity index (χ1n) is 5.12. The van der Waals surface area contributed by atoms with Gasteiger partial charge in [-0.1, -0.05) is 20.8 Å². The van der Waals surface area contributed by atoms with E-state index in [2.05, 4.69) is 5.32 Å². The fourth-order valence-corrected chi connectivity index (χ4v) is 1.12. The topological polar surface area (TPSA) is 52.5 Å². The Labute approximate surface area is 81.2 Å². The molecule has 0 aromatic heterocycles. The molecule has 0 aliphatic carbocycles. The molecule has 0 aromatic carbocycles. The van der Waals surface area contributed by atoms with Crippen molar-refractivity contribution in [2.75, 3.05) is 19.7 Å². The number of aliphatic hydroxyl groups excluding tert-OH is 1. The second-order valence-electron chi connectivity index (χ2n) is 3.85. The van der Waals surface area contributed by atoms with E-state index in [4.69, 9.17) is 5.11 Å². The van der Waals surface area contributed by atoms with Crippen LogP contribution in [0.5, 0.6) is 0 Å². The first-order valence-corrected chi connectivity index (χ1v) is 5.12. The van der Waals surface area contributed by atoms with Crippen molar-refractivity contribution >= 4 is 0 Å². The molecular formula is C10H23NO2. The van der Waals surface area contributed by atoms with E-state index in [1.165, 1.54) is 0 Å². The molecule has 0 aromatic rings. The van der Waals surface area contributed by atoms with Gasteiger partial charge in [0.05, 0.1) is 5.60 Å². The standard InChI is InChI=1S/C10H23NO2/c1-4-10(13,5-2)8-11-6-9(3)7-12/h9,11-13H,4-8H2,1-3H3. The molecule has 0 rings (SSSR count). The zero-order valence-corrected chi connectivity index (χ0v) is 9.01. The van der Waals surface area contributed by atoms with E-state index in [1.54, 1.807) is 0 Å². The minimum Gasteiger partial charge on any atom is -0.396 e. The lowest BCUT2D eigenvalue weighted by atomic mass is 9.97. The lowest BCUT2D eigenvalue weighted by molar-refractivity contribution is 0.0313. The molecule has 0 fully saturated rings. The largest absolute Gasteiger partial charge is 0.396 e. The molecule has 13 heavy (non-hydrogen) atoms. The molecule has 1 unspecified atom stereocenters. The van der Waals surface area contributed by atoms with Gasteiger partial charge >= 0.3 is 0 Å². The molecule has 0 bridgehead atoms. The van der Waals surface area contributed by atoms with Crippen LogP contribution in [-0.2, 0) is 0 Å². The van der Waals surface area contributed by atoms with Crippen molar-refractivity contribution in [2.45, 2.75) is 39.2 Å². The predicted octanol–water partition coefficient (Wildman–Crippen LogP) is 0.756. The zero-order valence-electron chi connectivity index (χ0n) is 9.01. The molecule has 0 spiro atoms. The van der Waals surface area contributed by atoms with Crippen LogP contribution in [0.3, 0.4) is 0 Å². The number of nitrogens with one attached hydrogen (secondary N) is 1. The van der Waals surface area contributed by atoms with Crippen LogP contribution in [-0.4, -0.2) is 35.5 Å². The summed E-state index contributed by atoms with van der Waals surface area (Å²) in [6.45, 7) is 7.53. The third-order valence-corrected chi connectivity index (χ3v) is 2.57. The van der Waals surface area contributed by atoms with Gasteiger partial charge in [0.15, 0.2) is 0 Å². The van der Waals surface area contributed by atoms with Crippen molar-refractivity contribution < 1.29 is 10.2 Å². The Balaban J connectivity index is 3.61. The van der Waals surface area contributed by atoms with Crippen molar-refractivity contribution in [3.8, 4) is 0 Å². The number of hydrogen-bond donors (Lipinski definition) is 3. The van der Waals surface area contributed by atoms with Crippen LogP contribution in [0.15, 0.2) is 0 Å². The number of rotatable bonds is 7. The van der Waals surface area contributed by atoms with Gasteiger partial charge in [-0.2, -0.15) is 0 Å². The van der Waals surface area contributed by atoms with E-state index in [1.807, 2.05) is 20.8 Å². The van der Waals surface area contributed by atoms with E-state index in [0.29, 0.717) is 6.54 Å². The Hall–Kier alpha value is -0.120. The predicted molar refractivity (Wildman–Crippen MR) is 54.7 cm³/mol. The maximum atomic E-state index is 9.89. The van der Waals surface area contributed by atoms with Crippen LogP contribution in [0.2, 0.25) is 0 Å². The monoisotopic (exact) mass is 189 g/mol. The van der Waals surface area contributed by atoms with E-state index >= 15 is 0 Å². The van der Waals surface area contributed by atoms with Crippen molar-refractivity contribution in [2.24, 2.45) is 5.92 Å². The van der Waals surface area contributed by atoms with Gasteiger partial charge < -0.3 is 15.5 Å². The van der Waals surface area contributed by atoms with E-state index < -0.39 is 5.60 Å². The van der Waals surface area contributed by atoms with Gasteiger partial charge in [-0.05, 0) is 25.3 Å². The van der Waals surface area contributed by atoms with Gasteiger partial charge in [0.2, 0.25) is 0 Å². The summed E-state index contributed by atoms with van der Waals surface area (Å²) in [5.41, 5.74) is -0.574. The molecule has 3 heteroatoms. The van der Waals surface area contributed by atoms with Crippen molar-refractivity contribution in [1.82, 2.24) is 5.32 Å². The highest BCUT2D eigenvalue weighted by molar-refractivity contribution is 4.77. The molecule has 0 saturated carbocycles. The van der Waals surface area contributed by atoms with Gasteiger partial charge in [0.25, 0.3) is 0 Å². The quantitative estimate of drug-likeness (QED) is 0.554. The summed E-state index contributed by atoms with van der Waals surface area (Å²) in [4.78, 5) is 0. The Morgan fingerprint density at radius 3 is 2.23 bits per heavy atom. The minimum atomic E-state index is -0.574. The van der Waals surface area contributed by atoms with Crippen molar-refractivity contribution in [3.63, 3.8) is 0 Å². The van der Waals surface area contributed by atoms with E-state index in [0.717, 1.165) is 19.4 Å². The summed E-state index contributed by atoms with van der Waals surface area (Å²) in [7, 11) is 0. The van der Waals surface area contributed by atoms with Crippen LogP contribution in [0.4, 0.5) is 0 Å². The van der Waals surface area contributed by atoms with Gasteiger partial charge in [0.1, 0.15) is 0 Å².